The van der Waals surface area contributed by atoms with E-state index in [0.717, 1.165) is 71.3 Å². The van der Waals surface area contributed by atoms with E-state index in [2.05, 4.69) is 23.3 Å². The molecule has 0 unspecified atom stereocenters. The SMILES string of the molecule is CCCNCCOc1ccc(-c2cccc(-c3cccc4c3CC[C@@H]4Oc3nc(OCc4cncc(S(C)(=O)=O)c4)c(CCC[C@@H](O)CC(=O)O)cc3Cl)c2Cl)cc1. The van der Waals surface area contributed by atoms with Crippen LogP contribution in [0.4, 0.5) is 0 Å². The minimum Gasteiger partial charge on any atom is -0.492 e. The van der Waals surface area contributed by atoms with Crippen LogP contribution in [0.1, 0.15) is 67.4 Å². The first-order chi connectivity index (χ1) is 27.9. The van der Waals surface area contributed by atoms with Crippen molar-refractivity contribution < 1.29 is 37.6 Å². The molecule has 0 saturated heterocycles. The number of aryl methyl sites for hydroxylation is 1. The molecular formula is C44H47Cl2N3O8S. The molecule has 3 N–H and O–H groups in total. The summed E-state index contributed by atoms with van der Waals surface area (Å²) >= 11 is 14.0. The molecular weight excluding hydrogens is 801 g/mol. The van der Waals surface area contributed by atoms with Crippen molar-refractivity contribution in [1.82, 2.24) is 15.3 Å². The van der Waals surface area contributed by atoms with Crippen molar-refractivity contribution in [3.63, 3.8) is 0 Å². The third-order valence-electron chi connectivity index (χ3n) is 9.85. The van der Waals surface area contributed by atoms with Crippen molar-refractivity contribution in [2.24, 2.45) is 0 Å². The molecule has 1 aliphatic rings. The molecule has 0 saturated carbocycles. The average Bonchev–Trinajstić information content (AvgIpc) is 3.61. The van der Waals surface area contributed by atoms with Crippen LogP contribution in [-0.2, 0) is 34.1 Å². The van der Waals surface area contributed by atoms with Gasteiger partial charge in [-0.25, -0.2) is 8.42 Å². The normalized spacial score (nSPS) is 14.2. The van der Waals surface area contributed by atoms with Gasteiger partial charge in [0.05, 0.1) is 22.4 Å². The van der Waals surface area contributed by atoms with Crippen molar-refractivity contribution >= 4 is 39.0 Å². The molecule has 58 heavy (non-hydrogen) atoms. The summed E-state index contributed by atoms with van der Waals surface area (Å²) < 4.78 is 42.9. The molecule has 14 heteroatoms. The molecule has 0 fully saturated rings. The zero-order valence-electron chi connectivity index (χ0n) is 32.4. The number of hydrogen-bond acceptors (Lipinski definition) is 10. The number of nitrogens with one attached hydrogen (secondary N) is 1. The Morgan fingerprint density at radius 3 is 2.48 bits per heavy atom. The van der Waals surface area contributed by atoms with Gasteiger partial charge in [0.15, 0.2) is 9.84 Å². The Labute approximate surface area is 349 Å². The number of pyridine rings is 2. The fourth-order valence-electron chi connectivity index (χ4n) is 6.97. The maximum absolute atomic E-state index is 12.1. The van der Waals surface area contributed by atoms with E-state index in [1.165, 1.54) is 18.5 Å². The lowest BCUT2D eigenvalue weighted by molar-refractivity contribution is -0.139. The Bertz CT molecular complexity index is 2330. The van der Waals surface area contributed by atoms with E-state index in [9.17, 15) is 18.3 Å². The highest BCUT2D eigenvalue weighted by atomic mass is 35.5. The largest absolute Gasteiger partial charge is 0.492 e. The number of rotatable bonds is 20. The number of aliphatic hydroxyl groups excluding tert-OH is 1. The van der Waals surface area contributed by atoms with Gasteiger partial charge in [0.25, 0.3) is 0 Å². The number of aliphatic hydroxyl groups is 1. The summed E-state index contributed by atoms with van der Waals surface area (Å²) in [6, 6.07) is 23.3. The molecule has 0 amide bonds. The van der Waals surface area contributed by atoms with Crippen molar-refractivity contribution in [3.8, 4) is 39.8 Å². The molecule has 1 aliphatic carbocycles. The number of hydrogen-bond donors (Lipinski definition) is 3. The second-order valence-corrected chi connectivity index (χ2v) is 17.1. The van der Waals surface area contributed by atoms with Crippen LogP contribution in [-0.4, -0.2) is 66.6 Å². The molecule has 6 rings (SSSR count). The highest BCUT2D eigenvalue weighted by Crippen LogP contribution is 2.45. The standard InChI is InChI=1S/C44H47Cl2N3O8S/c1-3-19-47-20-21-55-32-15-13-29(14-16-32)34-9-5-12-38(42(34)46)35-10-6-11-37-36(35)17-18-40(37)57-44-39(45)23-30(7-4-8-31(50)24-41(51)52)43(49-44)56-27-28-22-33(26-48-25-28)58(2,53)54/h5-6,9-16,22-23,25-26,31,40,47,50H,3-4,7-8,17-21,24,27H2,1-2H3,(H,51,52)/t31-,40+/m1/s1. The number of nitrogens with zero attached hydrogens (tertiary/aromatic N) is 2. The number of aliphatic carboxylic acids is 1. The summed E-state index contributed by atoms with van der Waals surface area (Å²) in [6.45, 7) is 4.44. The molecule has 0 spiro atoms. The molecule has 0 aliphatic heterocycles. The Morgan fingerprint density at radius 2 is 1.72 bits per heavy atom. The summed E-state index contributed by atoms with van der Waals surface area (Å²) in [5.74, 6) is 0.107. The van der Waals surface area contributed by atoms with E-state index in [-0.39, 0.29) is 47.2 Å². The van der Waals surface area contributed by atoms with Gasteiger partial charge in [-0.1, -0.05) is 78.7 Å². The molecule has 2 heterocycles. The zero-order chi connectivity index (χ0) is 41.2. The van der Waals surface area contributed by atoms with Crippen LogP contribution in [0, 0.1) is 0 Å². The smallest absolute Gasteiger partial charge is 0.305 e. The first-order valence-electron chi connectivity index (χ1n) is 19.3. The maximum Gasteiger partial charge on any atom is 0.305 e. The summed E-state index contributed by atoms with van der Waals surface area (Å²) in [7, 11) is -3.49. The predicted octanol–water partition coefficient (Wildman–Crippen LogP) is 8.70. The molecule has 3 aromatic carbocycles. The molecule has 2 atom stereocenters. The summed E-state index contributed by atoms with van der Waals surface area (Å²) in [5.41, 5.74) is 7.08. The lowest BCUT2D eigenvalue weighted by Crippen LogP contribution is -2.21. The van der Waals surface area contributed by atoms with Gasteiger partial charge in [0.2, 0.25) is 11.8 Å². The number of sulfone groups is 1. The third kappa shape index (κ3) is 11.1. The van der Waals surface area contributed by atoms with Crippen molar-refractivity contribution in [2.45, 2.75) is 75.6 Å². The highest BCUT2D eigenvalue weighted by Gasteiger charge is 2.29. The summed E-state index contributed by atoms with van der Waals surface area (Å²) in [5, 5.41) is 23.4. The van der Waals surface area contributed by atoms with Gasteiger partial charge < -0.3 is 29.7 Å². The van der Waals surface area contributed by atoms with Crippen LogP contribution in [0.25, 0.3) is 22.3 Å². The number of ether oxygens (including phenoxy) is 3. The Morgan fingerprint density at radius 1 is 0.966 bits per heavy atom. The number of carboxylic acid groups (broad SMARTS) is 1. The molecule has 5 aromatic rings. The average molecular weight is 849 g/mol. The Balaban J connectivity index is 1.22. The number of aromatic nitrogens is 2. The van der Waals surface area contributed by atoms with Crippen LogP contribution >= 0.6 is 23.2 Å². The second-order valence-electron chi connectivity index (χ2n) is 14.3. The van der Waals surface area contributed by atoms with Crippen molar-refractivity contribution in [3.05, 3.63) is 117 Å². The van der Waals surface area contributed by atoms with Crippen molar-refractivity contribution in [1.29, 1.82) is 0 Å². The van der Waals surface area contributed by atoms with E-state index in [4.69, 9.17) is 47.5 Å². The topological polar surface area (TPSA) is 157 Å². The van der Waals surface area contributed by atoms with Gasteiger partial charge in [-0.05, 0) is 91.6 Å². The number of fused-ring (bicyclic) bond motifs is 1. The monoisotopic (exact) mass is 847 g/mol. The van der Waals surface area contributed by atoms with Crippen LogP contribution in [0.15, 0.2) is 90.1 Å². The molecule has 0 bridgehead atoms. The van der Waals surface area contributed by atoms with Gasteiger partial charge in [-0.2, -0.15) is 4.98 Å². The fraction of sp³-hybridized carbons (Fsp3) is 0.341. The summed E-state index contributed by atoms with van der Waals surface area (Å²) in [6.07, 6.45) is 5.71. The van der Waals surface area contributed by atoms with Crippen LogP contribution in [0.3, 0.4) is 0 Å². The molecule has 2 aromatic heterocycles. The van der Waals surface area contributed by atoms with E-state index in [1.54, 1.807) is 6.07 Å². The van der Waals surface area contributed by atoms with E-state index in [0.29, 0.717) is 42.0 Å². The predicted molar refractivity (Wildman–Crippen MR) is 225 cm³/mol. The number of benzene rings is 3. The minimum atomic E-state index is -3.49. The van der Waals surface area contributed by atoms with Crippen LogP contribution in [0.2, 0.25) is 10.0 Å². The van der Waals surface area contributed by atoms with Crippen LogP contribution in [0.5, 0.6) is 17.5 Å². The zero-order valence-corrected chi connectivity index (χ0v) is 34.7. The fourth-order valence-corrected chi connectivity index (χ4v) is 8.14. The van der Waals surface area contributed by atoms with Gasteiger partial charge in [0, 0.05) is 47.4 Å². The molecule has 11 nitrogen and oxygen atoms in total. The van der Waals surface area contributed by atoms with Gasteiger partial charge in [-0.3, -0.25) is 9.78 Å². The lowest BCUT2D eigenvalue weighted by atomic mass is 9.94. The lowest BCUT2D eigenvalue weighted by Gasteiger charge is -2.19. The summed E-state index contributed by atoms with van der Waals surface area (Å²) in [4.78, 5) is 19.9. The van der Waals surface area contributed by atoms with E-state index < -0.39 is 21.9 Å². The number of halogens is 2. The van der Waals surface area contributed by atoms with Gasteiger partial charge >= 0.3 is 5.97 Å². The minimum absolute atomic E-state index is 0.0384. The van der Waals surface area contributed by atoms with Gasteiger partial charge in [0.1, 0.15) is 30.1 Å². The Hall–Kier alpha value is -4.72. The number of carbonyl (C=O) groups is 1. The van der Waals surface area contributed by atoms with E-state index in [1.807, 2.05) is 54.6 Å². The maximum atomic E-state index is 12.1. The molecule has 0 radical (unpaired) electrons. The van der Waals surface area contributed by atoms with Crippen LogP contribution < -0.4 is 19.5 Å². The van der Waals surface area contributed by atoms with Crippen molar-refractivity contribution in [2.75, 3.05) is 26.0 Å². The first-order valence-corrected chi connectivity index (χ1v) is 21.9. The Kier molecular flexibility index (Phi) is 14.7. The molecule has 306 valence electrons. The number of carboxylic acids is 1. The quantitative estimate of drug-likeness (QED) is 0.0644. The first kappa shape index (κ1) is 42.9. The van der Waals surface area contributed by atoms with E-state index >= 15 is 0 Å². The van der Waals surface area contributed by atoms with Gasteiger partial charge in [-0.15, -0.1) is 0 Å². The highest BCUT2D eigenvalue weighted by molar-refractivity contribution is 7.90. The third-order valence-corrected chi connectivity index (χ3v) is 11.6. The second kappa shape index (κ2) is 19.8.